The largest absolute Gasteiger partial charge is 0.340 e. The Bertz CT molecular complexity index is 470. The Morgan fingerprint density at radius 2 is 1.71 bits per heavy atom. The van der Waals surface area contributed by atoms with Crippen LogP contribution in [-0.2, 0) is 29.9 Å². The Morgan fingerprint density at radius 1 is 1.14 bits per heavy atom. The van der Waals surface area contributed by atoms with Gasteiger partial charge in [-0.2, -0.15) is 0 Å². The number of hydrogen-bond donors (Lipinski definition) is 0. The highest BCUT2D eigenvalue weighted by molar-refractivity contribution is 7.54. The van der Waals surface area contributed by atoms with Crippen LogP contribution in [0.5, 0.6) is 0 Å². The smallest absolute Gasteiger partial charge is 0.309 e. The Labute approximate surface area is 125 Å². The summed E-state index contributed by atoms with van der Waals surface area (Å²) in [4.78, 5) is 17.3. The van der Waals surface area contributed by atoms with Crippen LogP contribution in [0, 0.1) is 0 Å². The minimum Gasteiger partial charge on any atom is -0.309 e. The normalized spacial score (nSPS) is 11.4. The molecule has 118 valence electrons. The number of carbonyl (C=O) groups excluding carboxylic acids is 1. The van der Waals surface area contributed by atoms with E-state index in [1.807, 2.05) is 30.3 Å². The number of carbonyl (C=O) groups is 1. The fourth-order valence-corrected chi connectivity index (χ4v) is 3.18. The molecule has 0 spiro atoms. The lowest BCUT2D eigenvalue weighted by atomic mass is 10.2. The highest BCUT2D eigenvalue weighted by Gasteiger charge is 2.29. The van der Waals surface area contributed by atoms with Crippen LogP contribution in [0.25, 0.3) is 0 Å². The first-order chi connectivity index (χ1) is 10.0. The number of rotatable bonds is 9. The number of amides is 1. The maximum atomic E-state index is 12.3. The highest BCUT2D eigenvalue weighted by atomic mass is 31.2. The minimum atomic E-state index is -3.40. The van der Waals surface area contributed by atoms with Gasteiger partial charge in [0.1, 0.15) is 12.8 Å². The second-order valence-electron chi connectivity index (χ2n) is 4.25. The lowest BCUT2D eigenvalue weighted by molar-refractivity contribution is -0.180. The van der Waals surface area contributed by atoms with Crippen molar-refractivity contribution in [2.75, 3.05) is 26.4 Å². The van der Waals surface area contributed by atoms with Crippen LogP contribution >= 0.6 is 7.60 Å². The summed E-state index contributed by atoms with van der Waals surface area (Å²) in [5.41, 5.74) is 0.940. The van der Waals surface area contributed by atoms with E-state index in [1.165, 1.54) is 7.05 Å². The monoisotopic (exact) mass is 315 g/mol. The molecule has 0 aliphatic heterocycles. The van der Waals surface area contributed by atoms with E-state index in [1.54, 1.807) is 13.8 Å². The number of hydroxylamine groups is 2. The SMILES string of the molecule is CCOP(=O)(CC(=O)N(C)OCc1ccccc1)OCC. The molecule has 0 atom stereocenters. The highest BCUT2D eigenvalue weighted by Crippen LogP contribution is 2.47. The summed E-state index contributed by atoms with van der Waals surface area (Å²) in [5, 5.41) is 1.07. The standard InChI is InChI=1S/C14H22NO5P/c1-4-19-21(17,20-5-2)12-14(16)15(3)18-11-13-9-7-6-8-10-13/h6-10H,4-5,11-12H2,1-3H3. The van der Waals surface area contributed by atoms with Crippen LogP contribution in [0.4, 0.5) is 0 Å². The van der Waals surface area contributed by atoms with E-state index in [0.29, 0.717) is 0 Å². The number of hydrogen-bond acceptors (Lipinski definition) is 5. The van der Waals surface area contributed by atoms with Gasteiger partial charge in [-0.25, -0.2) is 5.06 Å². The van der Waals surface area contributed by atoms with Gasteiger partial charge in [0, 0.05) is 7.05 Å². The van der Waals surface area contributed by atoms with Crippen molar-refractivity contribution in [2.45, 2.75) is 20.5 Å². The van der Waals surface area contributed by atoms with Crippen molar-refractivity contribution in [3.63, 3.8) is 0 Å². The Hall–Kier alpha value is -1.20. The topological polar surface area (TPSA) is 65.1 Å². The van der Waals surface area contributed by atoms with Crippen molar-refractivity contribution >= 4 is 13.5 Å². The molecule has 0 aliphatic rings. The Balaban J connectivity index is 2.51. The first kappa shape index (κ1) is 17.9. The Morgan fingerprint density at radius 3 is 2.24 bits per heavy atom. The summed E-state index contributed by atoms with van der Waals surface area (Å²) in [7, 11) is -1.92. The van der Waals surface area contributed by atoms with E-state index < -0.39 is 13.5 Å². The van der Waals surface area contributed by atoms with Crippen molar-refractivity contribution in [3.8, 4) is 0 Å². The molecule has 1 rings (SSSR count). The fourth-order valence-electron chi connectivity index (χ4n) is 1.60. The quantitative estimate of drug-likeness (QED) is 0.518. The van der Waals surface area contributed by atoms with Crippen LogP contribution < -0.4 is 0 Å². The molecule has 0 aromatic heterocycles. The lowest BCUT2D eigenvalue weighted by Gasteiger charge is -2.21. The molecule has 0 fully saturated rings. The van der Waals surface area contributed by atoms with Gasteiger partial charge in [0.2, 0.25) is 0 Å². The summed E-state index contributed by atoms with van der Waals surface area (Å²) in [5.74, 6) is -0.448. The first-order valence-electron chi connectivity index (χ1n) is 6.82. The predicted octanol–water partition coefficient (Wildman–Crippen LogP) is 2.84. The van der Waals surface area contributed by atoms with E-state index in [4.69, 9.17) is 13.9 Å². The first-order valence-corrected chi connectivity index (χ1v) is 8.55. The molecule has 0 saturated heterocycles. The average molecular weight is 315 g/mol. The second kappa shape index (κ2) is 8.95. The predicted molar refractivity (Wildman–Crippen MR) is 79.7 cm³/mol. The second-order valence-corrected chi connectivity index (χ2v) is 6.31. The molecule has 21 heavy (non-hydrogen) atoms. The molecular weight excluding hydrogens is 293 g/mol. The summed E-state index contributed by atoms with van der Waals surface area (Å²) in [6.45, 7) is 4.10. The maximum absolute atomic E-state index is 12.3. The molecule has 0 unspecified atom stereocenters. The van der Waals surface area contributed by atoms with E-state index in [9.17, 15) is 9.36 Å². The maximum Gasteiger partial charge on any atom is 0.340 e. The zero-order valence-electron chi connectivity index (χ0n) is 12.7. The zero-order chi connectivity index (χ0) is 15.7. The van der Waals surface area contributed by atoms with E-state index in [2.05, 4.69) is 0 Å². The lowest BCUT2D eigenvalue weighted by Crippen LogP contribution is -2.30. The van der Waals surface area contributed by atoms with Gasteiger partial charge in [-0.1, -0.05) is 30.3 Å². The summed E-state index contributed by atoms with van der Waals surface area (Å²) in [6, 6.07) is 9.46. The van der Waals surface area contributed by atoms with Crippen molar-refractivity contribution in [1.29, 1.82) is 0 Å². The van der Waals surface area contributed by atoms with E-state index in [-0.39, 0.29) is 26.0 Å². The van der Waals surface area contributed by atoms with Gasteiger partial charge in [-0.05, 0) is 19.4 Å². The molecule has 6 nitrogen and oxygen atoms in total. The van der Waals surface area contributed by atoms with Crippen molar-refractivity contribution < 1.29 is 23.2 Å². The van der Waals surface area contributed by atoms with Crippen LogP contribution in [0.2, 0.25) is 0 Å². The molecule has 1 aromatic carbocycles. The van der Waals surface area contributed by atoms with E-state index >= 15 is 0 Å². The summed E-state index contributed by atoms with van der Waals surface area (Å²) in [6.07, 6.45) is -0.333. The Kier molecular flexibility index (Phi) is 7.61. The van der Waals surface area contributed by atoms with Crippen molar-refractivity contribution in [3.05, 3.63) is 35.9 Å². The average Bonchev–Trinajstić information content (AvgIpc) is 2.46. The van der Waals surface area contributed by atoms with Crippen LogP contribution in [0.3, 0.4) is 0 Å². The molecule has 1 amide bonds. The number of nitrogens with zero attached hydrogens (tertiary/aromatic N) is 1. The molecule has 0 bridgehead atoms. The van der Waals surface area contributed by atoms with E-state index in [0.717, 1.165) is 10.6 Å². The van der Waals surface area contributed by atoms with Crippen molar-refractivity contribution in [1.82, 2.24) is 5.06 Å². The molecule has 0 heterocycles. The van der Waals surface area contributed by atoms with Gasteiger partial charge < -0.3 is 9.05 Å². The minimum absolute atomic E-state index is 0.221. The van der Waals surface area contributed by atoms with Gasteiger partial charge in [0.05, 0.1) is 13.2 Å². The third-order valence-corrected chi connectivity index (χ3v) is 4.56. The molecule has 0 N–H and O–H groups in total. The number of benzene rings is 1. The zero-order valence-corrected chi connectivity index (χ0v) is 13.5. The van der Waals surface area contributed by atoms with Crippen LogP contribution in [-0.4, -0.2) is 37.4 Å². The van der Waals surface area contributed by atoms with Gasteiger partial charge >= 0.3 is 7.60 Å². The van der Waals surface area contributed by atoms with Gasteiger partial charge in [-0.15, -0.1) is 0 Å². The van der Waals surface area contributed by atoms with Crippen LogP contribution in [0.15, 0.2) is 30.3 Å². The van der Waals surface area contributed by atoms with Gasteiger partial charge in [-0.3, -0.25) is 14.2 Å². The molecule has 7 heteroatoms. The molecule has 1 aromatic rings. The summed E-state index contributed by atoms with van der Waals surface area (Å²) >= 11 is 0. The van der Waals surface area contributed by atoms with Gasteiger partial charge in [0.25, 0.3) is 5.91 Å². The van der Waals surface area contributed by atoms with Crippen LogP contribution in [0.1, 0.15) is 19.4 Å². The third-order valence-electron chi connectivity index (χ3n) is 2.60. The molecule has 0 aliphatic carbocycles. The van der Waals surface area contributed by atoms with Gasteiger partial charge in [0.15, 0.2) is 0 Å². The summed E-state index contributed by atoms with van der Waals surface area (Å²) < 4.78 is 22.4. The van der Waals surface area contributed by atoms with Crippen molar-refractivity contribution in [2.24, 2.45) is 0 Å². The molecular formula is C14H22NO5P. The molecule has 0 saturated carbocycles. The fraction of sp³-hybridized carbons (Fsp3) is 0.500. The third kappa shape index (κ3) is 6.40. The molecule has 0 radical (unpaired) electrons.